The predicted molar refractivity (Wildman–Crippen MR) is 68.8 cm³/mol. The Morgan fingerprint density at radius 1 is 1.30 bits per heavy atom. The van der Waals surface area contributed by atoms with Crippen molar-refractivity contribution >= 4 is 11.9 Å². The van der Waals surface area contributed by atoms with Gasteiger partial charge in [-0.25, -0.2) is 4.39 Å². The fraction of sp³-hybridized carbons (Fsp3) is 0.429. The average molecular weight is 281 g/mol. The standard InChI is InChI=1S/C14H16FNO4/c15-10-2-4-11(5-3-10)20-9-1-8-16-12(17)14(6-7-14)13(18)19/h2-5H,1,6-9H2,(H,16,17)(H,18,19). The van der Waals surface area contributed by atoms with Gasteiger partial charge in [0.1, 0.15) is 17.0 Å². The van der Waals surface area contributed by atoms with E-state index >= 15 is 0 Å². The van der Waals surface area contributed by atoms with E-state index in [1.54, 1.807) is 0 Å². The molecule has 5 nitrogen and oxygen atoms in total. The Bertz CT molecular complexity index is 496. The summed E-state index contributed by atoms with van der Waals surface area (Å²) < 4.78 is 18.0. The highest BCUT2D eigenvalue weighted by Crippen LogP contribution is 2.45. The van der Waals surface area contributed by atoms with Crippen molar-refractivity contribution in [1.29, 1.82) is 0 Å². The molecular weight excluding hydrogens is 265 g/mol. The van der Waals surface area contributed by atoms with Crippen LogP contribution in [0.25, 0.3) is 0 Å². The number of halogens is 1. The number of hydrogen-bond acceptors (Lipinski definition) is 3. The summed E-state index contributed by atoms with van der Waals surface area (Å²) >= 11 is 0. The molecule has 1 aromatic rings. The lowest BCUT2D eigenvalue weighted by Gasteiger charge is -2.11. The number of hydrogen-bond donors (Lipinski definition) is 2. The van der Waals surface area contributed by atoms with Crippen LogP contribution in [0, 0.1) is 11.2 Å². The van der Waals surface area contributed by atoms with Crippen molar-refractivity contribution < 1.29 is 23.8 Å². The zero-order chi connectivity index (χ0) is 14.6. The van der Waals surface area contributed by atoms with E-state index in [-0.39, 0.29) is 5.82 Å². The molecule has 1 amide bonds. The molecule has 0 aromatic heterocycles. The molecule has 0 saturated heterocycles. The maximum absolute atomic E-state index is 12.7. The van der Waals surface area contributed by atoms with Gasteiger partial charge in [-0.15, -0.1) is 0 Å². The van der Waals surface area contributed by atoms with E-state index in [0.29, 0.717) is 38.2 Å². The summed E-state index contributed by atoms with van der Waals surface area (Å²) in [5.41, 5.74) is -1.20. The minimum Gasteiger partial charge on any atom is -0.494 e. The van der Waals surface area contributed by atoms with Gasteiger partial charge in [0.2, 0.25) is 5.91 Å². The van der Waals surface area contributed by atoms with E-state index in [1.807, 2.05) is 0 Å². The van der Waals surface area contributed by atoms with Gasteiger partial charge in [0.15, 0.2) is 0 Å². The predicted octanol–water partition coefficient (Wildman–Crippen LogP) is 1.58. The summed E-state index contributed by atoms with van der Waals surface area (Å²) in [6, 6.07) is 5.66. The number of carbonyl (C=O) groups excluding carboxylic acids is 1. The van der Waals surface area contributed by atoms with Crippen LogP contribution in [0.2, 0.25) is 0 Å². The highest BCUT2D eigenvalue weighted by atomic mass is 19.1. The van der Waals surface area contributed by atoms with Crippen molar-refractivity contribution in [2.45, 2.75) is 19.3 Å². The molecule has 0 heterocycles. The zero-order valence-corrected chi connectivity index (χ0v) is 10.9. The van der Waals surface area contributed by atoms with Crippen molar-refractivity contribution in [2.24, 2.45) is 5.41 Å². The molecule has 0 bridgehead atoms. The fourth-order valence-corrected chi connectivity index (χ4v) is 1.83. The molecule has 1 aromatic carbocycles. The van der Waals surface area contributed by atoms with Crippen molar-refractivity contribution in [1.82, 2.24) is 5.32 Å². The molecule has 0 atom stereocenters. The third-order valence-corrected chi connectivity index (χ3v) is 3.28. The SMILES string of the molecule is O=C(O)C1(C(=O)NCCCOc2ccc(F)cc2)CC1. The van der Waals surface area contributed by atoms with Gasteiger partial charge < -0.3 is 15.2 Å². The minimum atomic E-state index is -1.20. The summed E-state index contributed by atoms with van der Waals surface area (Å²) in [7, 11) is 0. The second kappa shape index (κ2) is 5.90. The van der Waals surface area contributed by atoms with Crippen molar-refractivity contribution in [3.63, 3.8) is 0 Å². The molecule has 1 fully saturated rings. The summed E-state index contributed by atoms with van der Waals surface area (Å²) in [5.74, 6) is -1.25. The first kappa shape index (κ1) is 14.3. The largest absolute Gasteiger partial charge is 0.494 e. The summed E-state index contributed by atoms with van der Waals surface area (Å²) in [6.07, 6.45) is 1.36. The summed E-state index contributed by atoms with van der Waals surface area (Å²) in [5, 5.41) is 11.5. The van der Waals surface area contributed by atoms with Crippen LogP contribution in [0.15, 0.2) is 24.3 Å². The van der Waals surface area contributed by atoms with Gasteiger partial charge in [-0.05, 0) is 43.5 Å². The van der Waals surface area contributed by atoms with Crippen LogP contribution in [0.3, 0.4) is 0 Å². The smallest absolute Gasteiger partial charge is 0.319 e. The number of rotatable bonds is 7. The van der Waals surface area contributed by atoms with Crippen LogP contribution in [-0.2, 0) is 9.59 Å². The summed E-state index contributed by atoms with van der Waals surface area (Å²) in [6.45, 7) is 0.723. The maximum Gasteiger partial charge on any atom is 0.319 e. The first-order valence-electron chi connectivity index (χ1n) is 6.45. The number of carboxylic acid groups (broad SMARTS) is 1. The highest BCUT2D eigenvalue weighted by Gasteiger charge is 2.56. The quantitative estimate of drug-likeness (QED) is 0.587. The van der Waals surface area contributed by atoms with Gasteiger partial charge in [-0.1, -0.05) is 0 Å². The van der Waals surface area contributed by atoms with Crippen LogP contribution in [0.1, 0.15) is 19.3 Å². The fourth-order valence-electron chi connectivity index (χ4n) is 1.83. The molecule has 0 radical (unpaired) electrons. The molecule has 1 aliphatic rings. The van der Waals surface area contributed by atoms with Gasteiger partial charge >= 0.3 is 5.97 Å². The number of nitrogens with one attached hydrogen (secondary N) is 1. The molecule has 0 spiro atoms. The lowest BCUT2D eigenvalue weighted by Crippen LogP contribution is -2.37. The topological polar surface area (TPSA) is 75.6 Å². The monoisotopic (exact) mass is 281 g/mol. The molecular formula is C14H16FNO4. The van der Waals surface area contributed by atoms with Crippen molar-refractivity contribution in [2.75, 3.05) is 13.2 Å². The Morgan fingerprint density at radius 3 is 2.50 bits per heavy atom. The third-order valence-electron chi connectivity index (χ3n) is 3.28. The first-order chi connectivity index (χ1) is 9.54. The van der Waals surface area contributed by atoms with Crippen LogP contribution in [0.4, 0.5) is 4.39 Å². The number of ether oxygens (including phenoxy) is 1. The van der Waals surface area contributed by atoms with E-state index in [4.69, 9.17) is 9.84 Å². The third kappa shape index (κ3) is 3.26. The van der Waals surface area contributed by atoms with Crippen LogP contribution in [0.5, 0.6) is 5.75 Å². The van der Waals surface area contributed by atoms with E-state index in [9.17, 15) is 14.0 Å². The average Bonchev–Trinajstić information content (AvgIpc) is 3.22. The van der Waals surface area contributed by atoms with Gasteiger partial charge in [0.05, 0.1) is 6.61 Å². The van der Waals surface area contributed by atoms with Crippen molar-refractivity contribution in [3.05, 3.63) is 30.1 Å². The van der Waals surface area contributed by atoms with Crippen LogP contribution < -0.4 is 10.1 Å². The van der Waals surface area contributed by atoms with E-state index in [1.165, 1.54) is 24.3 Å². The molecule has 1 saturated carbocycles. The van der Waals surface area contributed by atoms with E-state index < -0.39 is 17.3 Å². The lowest BCUT2D eigenvalue weighted by molar-refractivity contribution is -0.149. The number of carbonyl (C=O) groups is 2. The Hall–Kier alpha value is -2.11. The maximum atomic E-state index is 12.7. The molecule has 6 heteroatoms. The second-order valence-electron chi connectivity index (χ2n) is 4.80. The van der Waals surface area contributed by atoms with Gasteiger partial charge in [-0.3, -0.25) is 9.59 Å². The number of benzene rings is 1. The Kier molecular flexibility index (Phi) is 4.22. The normalized spacial score (nSPS) is 15.4. The molecule has 0 aliphatic heterocycles. The Morgan fingerprint density at radius 2 is 1.95 bits per heavy atom. The zero-order valence-electron chi connectivity index (χ0n) is 10.9. The van der Waals surface area contributed by atoms with E-state index in [0.717, 1.165) is 0 Å². The number of amides is 1. The number of aliphatic carboxylic acids is 1. The first-order valence-corrected chi connectivity index (χ1v) is 6.45. The Labute approximate surface area is 115 Å². The molecule has 2 rings (SSSR count). The lowest BCUT2D eigenvalue weighted by atomic mass is 10.1. The van der Waals surface area contributed by atoms with Gasteiger partial charge in [0.25, 0.3) is 0 Å². The summed E-state index contributed by atoms with van der Waals surface area (Å²) in [4.78, 5) is 22.6. The van der Waals surface area contributed by atoms with Gasteiger partial charge in [0, 0.05) is 6.54 Å². The minimum absolute atomic E-state index is 0.326. The van der Waals surface area contributed by atoms with Crippen LogP contribution >= 0.6 is 0 Å². The van der Waals surface area contributed by atoms with Crippen molar-refractivity contribution in [3.8, 4) is 5.75 Å². The second-order valence-corrected chi connectivity index (χ2v) is 4.80. The highest BCUT2D eigenvalue weighted by molar-refractivity contribution is 6.04. The Balaban J connectivity index is 1.64. The number of carboxylic acids is 1. The molecule has 0 unspecified atom stereocenters. The molecule has 2 N–H and O–H groups in total. The van der Waals surface area contributed by atoms with Gasteiger partial charge in [-0.2, -0.15) is 0 Å². The molecule has 108 valence electrons. The molecule has 1 aliphatic carbocycles. The van der Waals surface area contributed by atoms with Crippen LogP contribution in [-0.4, -0.2) is 30.1 Å². The van der Waals surface area contributed by atoms with E-state index in [2.05, 4.69) is 5.32 Å². The molecule has 20 heavy (non-hydrogen) atoms.